The summed E-state index contributed by atoms with van der Waals surface area (Å²) in [6, 6.07) is 6.23. The number of rotatable bonds is 8. The van der Waals surface area contributed by atoms with Gasteiger partial charge in [-0.2, -0.15) is 0 Å². The summed E-state index contributed by atoms with van der Waals surface area (Å²) in [6.07, 6.45) is 2.81. The van der Waals surface area contributed by atoms with Crippen molar-refractivity contribution in [1.29, 1.82) is 0 Å². The van der Waals surface area contributed by atoms with Crippen LogP contribution in [0.25, 0.3) is 0 Å². The molecule has 1 atom stereocenters. The van der Waals surface area contributed by atoms with Gasteiger partial charge in [-0.25, -0.2) is 0 Å². The Morgan fingerprint density at radius 1 is 1.38 bits per heavy atom. The molecule has 0 amide bonds. The first-order chi connectivity index (χ1) is 11.3. The molecule has 130 valence electrons. The molecule has 0 aliphatic rings. The van der Waals surface area contributed by atoms with Gasteiger partial charge in [-0.15, -0.1) is 0 Å². The first-order valence-electron chi connectivity index (χ1n) is 7.10. The number of hydrogen-bond acceptors (Lipinski definition) is 4. The maximum atomic E-state index is 12.7. The van der Waals surface area contributed by atoms with E-state index in [9.17, 15) is 9.36 Å². The van der Waals surface area contributed by atoms with Crippen LogP contribution in [0.5, 0.6) is 0 Å². The van der Waals surface area contributed by atoms with E-state index in [1.807, 2.05) is 0 Å². The van der Waals surface area contributed by atoms with Crippen LogP contribution in [0.2, 0.25) is 0 Å². The van der Waals surface area contributed by atoms with Crippen LogP contribution in [0.4, 0.5) is 0 Å². The summed E-state index contributed by atoms with van der Waals surface area (Å²) in [4.78, 5) is 12.7. The third-order valence-electron chi connectivity index (χ3n) is 2.99. The Hall–Kier alpha value is -1.16. The molecular weight excluding hydrogens is 370 g/mol. The van der Waals surface area contributed by atoms with Crippen LogP contribution in [-0.4, -0.2) is 19.5 Å². The van der Waals surface area contributed by atoms with Crippen molar-refractivity contribution in [1.82, 2.24) is 0 Å². The molecule has 0 radical (unpaired) electrons. The normalized spacial score (nSPS) is 15.5. The zero-order chi connectivity index (χ0) is 18.3. The highest BCUT2D eigenvalue weighted by molar-refractivity contribution is 7.62. The lowest BCUT2D eigenvalue weighted by molar-refractivity contribution is 0.103. The average molecular weight is 389 g/mol. The molecule has 0 fully saturated rings. The summed E-state index contributed by atoms with van der Waals surface area (Å²) in [6.45, 7) is 7.11. The van der Waals surface area contributed by atoms with Crippen LogP contribution in [0.3, 0.4) is 0 Å². The van der Waals surface area contributed by atoms with E-state index in [0.717, 1.165) is 0 Å². The second kappa shape index (κ2) is 9.36. The maximum Gasteiger partial charge on any atom is 0.361 e. The van der Waals surface area contributed by atoms with E-state index in [2.05, 4.69) is 6.58 Å². The van der Waals surface area contributed by atoms with E-state index in [-0.39, 0.29) is 28.6 Å². The van der Waals surface area contributed by atoms with Crippen molar-refractivity contribution in [2.45, 2.75) is 13.8 Å². The van der Waals surface area contributed by atoms with Crippen molar-refractivity contribution in [3.8, 4) is 0 Å². The largest absolute Gasteiger partial charge is 0.361 e. The molecule has 1 aromatic rings. The number of benzene rings is 1. The van der Waals surface area contributed by atoms with Gasteiger partial charge in [-0.3, -0.25) is 9.36 Å². The fraction of sp³-hybridized carbons (Fsp3) is 0.235. The van der Waals surface area contributed by atoms with Crippen LogP contribution in [0.15, 0.2) is 58.6 Å². The minimum Gasteiger partial charge on any atom is -0.309 e. The Bertz CT molecular complexity index is 734. The predicted octanol–water partition coefficient (Wildman–Crippen LogP) is 5.19. The maximum absolute atomic E-state index is 12.7. The molecule has 0 aromatic heterocycles. The number of halogens is 2. The van der Waals surface area contributed by atoms with Gasteiger partial charge in [-0.1, -0.05) is 41.9 Å². The molecule has 0 N–H and O–H groups in total. The smallest absolute Gasteiger partial charge is 0.309 e. The third kappa shape index (κ3) is 5.17. The van der Waals surface area contributed by atoms with E-state index in [0.29, 0.717) is 10.3 Å². The predicted molar refractivity (Wildman–Crippen MR) is 99.3 cm³/mol. The number of carbonyl (C=O) groups is 1. The summed E-state index contributed by atoms with van der Waals surface area (Å²) >= 11 is 11.9. The van der Waals surface area contributed by atoms with Gasteiger partial charge >= 0.3 is 7.60 Å². The molecule has 4 nitrogen and oxygen atoms in total. The molecule has 1 aromatic carbocycles. The molecule has 0 bridgehead atoms. The molecule has 24 heavy (non-hydrogen) atoms. The first kappa shape index (κ1) is 20.9. The molecule has 0 saturated heterocycles. The Labute approximate surface area is 152 Å². The van der Waals surface area contributed by atoms with Crippen molar-refractivity contribution in [2.75, 3.05) is 13.7 Å². The van der Waals surface area contributed by atoms with Gasteiger partial charge in [0.15, 0.2) is 5.78 Å². The zero-order valence-corrected chi connectivity index (χ0v) is 16.1. The minimum absolute atomic E-state index is 0.171. The Kier molecular flexibility index (Phi) is 8.14. The highest BCUT2D eigenvalue weighted by atomic mass is 35.5. The lowest BCUT2D eigenvalue weighted by Gasteiger charge is -2.16. The fourth-order valence-electron chi connectivity index (χ4n) is 1.93. The van der Waals surface area contributed by atoms with Crippen LogP contribution >= 0.6 is 30.8 Å². The van der Waals surface area contributed by atoms with Gasteiger partial charge in [0, 0.05) is 23.3 Å². The average Bonchev–Trinajstić information content (AvgIpc) is 2.58. The minimum atomic E-state index is -3.47. The quantitative estimate of drug-likeness (QED) is 0.266. The molecule has 0 saturated carbocycles. The topological polar surface area (TPSA) is 52.6 Å². The number of ketones is 1. The highest BCUT2D eigenvalue weighted by Crippen LogP contribution is 2.46. The molecule has 0 aliphatic carbocycles. The van der Waals surface area contributed by atoms with Gasteiger partial charge in [0.25, 0.3) is 0 Å². The summed E-state index contributed by atoms with van der Waals surface area (Å²) < 4.78 is 22.9. The van der Waals surface area contributed by atoms with Gasteiger partial charge in [0.1, 0.15) is 0 Å². The van der Waals surface area contributed by atoms with Crippen LogP contribution in [0, 0.1) is 0 Å². The van der Waals surface area contributed by atoms with E-state index in [1.165, 1.54) is 25.3 Å². The highest BCUT2D eigenvalue weighted by Gasteiger charge is 2.26. The number of Topliss-reactive ketones (excluding diaryl/α,β-unsaturated/α-hetero) is 1. The van der Waals surface area contributed by atoms with Gasteiger partial charge in [0.05, 0.1) is 16.9 Å². The number of carbonyl (C=O) groups excluding carboxylic acids is 1. The first-order valence-corrected chi connectivity index (χ1v) is 9.40. The van der Waals surface area contributed by atoms with Gasteiger partial charge in [0.2, 0.25) is 0 Å². The van der Waals surface area contributed by atoms with Gasteiger partial charge < -0.3 is 9.05 Å². The van der Waals surface area contributed by atoms with E-state index >= 15 is 0 Å². The molecule has 7 heteroatoms. The van der Waals surface area contributed by atoms with Crippen molar-refractivity contribution in [3.63, 3.8) is 0 Å². The summed E-state index contributed by atoms with van der Waals surface area (Å²) in [5.41, 5.74) is 0.480. The Morgan fingerprint density at radius 3 is 2.54 bits per heavy atom. The standard InChI is InChI=1S/C17H19Cl2O4P/c1-5-16(19)15(10-12(3)18)17(20)13-8-7-9-14(11-13)24(21,22-4)23-6-2/h5,7-11H,1,6H2,2-4H3/b12-10+,16-15-. The Morgan fingerprint density at radius 2 is 2.04 bits per heavy atom. The van der Waals surface area contributed by atoms with Crippen LogP contribution in [0.1, 0.15) is 24.2 Å². The van der Waals surface area contributed by atoms with Crippen molar-refractivity contribution in [2.24, 2.45) is 0 Å². The number of allylic oxidation sites excluding steroid dienone is 5. The number of hydrogen-bond donors (Lipinski definition) is 0. The molecule has 0 heterocycles. The molecule has 0 aliphatic heterocycles. The molecule has 1 rings (SSSR count). The van der Waals surface area contributed by atoms with E-state index in [4.69, 9.17) is 32.2 Å². The SMILES string of the molecule is C=C/C(Cl)=C(\C=C(/C)Cl)C(=O)c1cccc(P(=O)(OC)OCC)c1. The second-order valence-electron chi connectivity index (χ2n) is 4.67. The Balaban J connectivity index is 3.40. The lowest BCUT2D eigenvalue weighted by atomic mass is 10.0. The fourth-order valence-corrected chi connectivity index (χ4v) is 3.55. The summed E-state index contributed by atoms with van der Waals surface area (Å²) in [5, 5.41) is 0.856. The van der Waals surface area contributed by atoms with Crippen molar-refractivity contribution >= 4 is 41.9 Å². The molecular formula is C17H19Cl2O4P. The van der Waals surface area contributed by atoms with Crippen LogP contribution in [-0.2, 0) is 13.6 Å². The second-order valence-corrected chi connectivity index (χ2v) is 7.81. The molecule has 0 spiro atoms. The van der Waals surface area contributed by atoms with E-state index < -0.39 is 7.60 Å². The van der Waals surface area contributed by atoms with E-state index in [1.54, 1.807) is 32.0 Å². The molecule has 1 unspecified atom stereocenters. The summed E-state index contributed by atoms with van der Waals surface area (Å²) in [5.74, 6) is -0.374. The van der Waals surface area contributed by atoms with Crippen LogP contribution < -0.4 is 5.30 Å². The third-order valence-corrected chi connectivity index (χ3v) is 5.44. The van der Waals surface area contributed by atoms with Crippen molar-refractivity contribution in [3.05, 3.63) is 64.2 Å². The monoisotopic (exact) mass is 388 g/mol. The lowest BCUT2D eigenvalue weighted by Crippen LogP contribution is -2.12. The van der Waals surface area contributed by atoms with Gasteiger partial charge in [-0.05, 0) is 38.1 Å². The zero-order valence-electron chi connectivity index (χ0n) is 13.7. The summed E-state index contributed by atoms with van der Waals surface area (Å²) in [7, 11) is -2.17. The van der Waals surface area contributed by atoms with Crippen molar-refractivity contribution < 1.29 is 18.4 Å².